The summed E-state index contributed by atoms with van der Waals surface area (Å²) in [6, 6.07) is 21.2. The Morgan fingerprint density at radius 1 is 0.733 bits per heavy atom. The van der Waals surface area contributed by atoms with E-state index in [-0.39, 0.29) is 23.3 Å². The molecule has 0 aliphatic rings. The molecule has 0 aliphatic carbocycles. The number of Topliss-reactive ketones (excluding diaryl/α,β-unsaturated/α-hetero) is 1. The van der Waals surface area contributed by atoms with Gasteiger partial charge < -0.3 is 0 Å². The third-order valence-corrected chi connectivity index (χ3v) is 5.52. The van der Waals surface area contributed by atoms with Crippen LogP contribution in [0.25, 0.3) is 0 Å². The molecule has 0 saturated heterocycles. The normalized spacial score (nSPS) is 11.1. The van der Waals surface area contributed by atoms with Crippen molar-refractivity contribution in [1.82, 2.24) is 0 Å². The minimum Gasteiger partial charge on any atom is -0.299 e. The fraction of sp³-hybridized carbons (Fsp3) is 0.296. The average molecular weight is 407 g/mol. The van der Waals surface area contributed by atoms with Crippen LogP contribution in [0.4, 0.5) is 8.78 Å². The van der Waals surface area contributed by atoms with Gasteiger partial charge >= 0.3 is 0 Å². The Balaban J connectivity index is 1.50. The van der Waals surface area contributed by atoms with E-state index in [0.717, 1.165) is 42.4 Å². The van der Waals surface area contributed by atoms with Crippen LogP contribution in [0.5, 0.6) is 0 Å². The fourth-order valence-electron chi connectivity index (χ4n) is 3.79. The molecule has 0 saturated carbocycles. The Kier molecular flexibility index (Phi) is 7.89. The van der Waals surface area contributed by atoms with E-state index < -0.39 is 0 Å². The number of aryl methyl sites for hydroxylation is 1. The van der Waals surface area contributed by atoms with Crippen molar-refractivity contribution < 1.29 is 13.6 Å². The first-order valence-corrected chi connectivity index (χ1v) is 10.6. The van der Waals surface area contributed by atoms with Crippen molar-refractivity contribution >= 4 is 5.78 Å². The monoisotopic (exact) mass is 406 g/mol. The average Bonchev–Trinajstić information content (AvgIpc) is 2.74. The molecule has 0 aliphatic heterocycles. The molecule has 0 N–H and O–H groups in total. The predicted molar refractivity (Wildman–Crippen MR) is 118 cm³/mol. The summed E-state index contributed by atoms with van der Waals surface area (Å²) >= 11 is 0. The molecule has 156 valence electrons. The summed E-state index contributed by atoms with van der Waals surface area (Å²) in [6.45, 7) is 2.04. The summed E-state index contributed by atoms with van der Waals surface area (Å²) in [6.07, 6.45) is 4.74. The highest BCUT2D eigenvalue weighted by Crippen LogP contribution is 2.30. The summed E-state index contributed by atoms with van der Waals surface area (Å²) < 4.78 is 26.7. The number of unbranched alkanes of at least 4 members (excludes halogenated alkanes) is 2. The van der Waals surface area contributed by atoms with E-state index in [0.29, 0.717) is 12.8 Å². The van der Waals surface area contributed by atoms with Gasteiger partial charge in [0.2, 0.25) is 0 Å². The van der Waals surface area contributed by atoms with Gasteiger partial charge in [0, 0.05) is 18.8 Å². The molecule has 0 spiro atoms. The van der Waals surface area contributed by atoms with Crippen molar-refractivity contribution in [2.24, 2.45) is 0 Å². The molecule has 0 heterocycles. The zero-order valence-electron chi connectivity index (χ0n) is 17.4. The second-order valence-corrected chi connectivity index (χ2v) is 7.96. The van der Waals surface area contributed by atoms with Gasteiger partial charge in [-0.3, -0.25) is 4.79 Å². The van der Waals surface area contributed by atoms with Crippen LogP contribution < -0.4 is 0 Å². The molecular weight excluding hydrogens is 378 g/mol. The van der Waals surface area contributed by atoms with Gasteiger partial charge in [0.1, 0.15) is 17.4 Å². The topological polar surface area (TPSA) is 17.1 Å². The molecule has 3 heteroatoms. The maximum absolute atomic E-state index is 13.3. The molecule has 3 aromatic carbocycles. The molecular formula is C27H28F2O. The summed E-state index contributed by atoms with van der Waals surface area (Å²) in [5.41, 5.74) is 4.32. The summed E-state index contributed by atoms with van der Waals surface area (Å²) in [5.74, 6) is -0.158. The van der Waals surface area contributed by atoms with E-state index in [9.17, 15) is 13.6 Å². The minimum absolute atomic E-state index is 0.0921. The number of carbonyl (C=O) groups is 1. The lowest BCUT2D eigenvalue weighted by atomic mass is 9.86. The standard InChI is InChI=1S/C27H28F2O/c1-20-7-9-21(10-8-20)19-26(30)5-3-2-4-6-27(22-11-15-24(28)16-12-22)23-13-17-25(29)18-14-23/h7-18,27H,2-6,19H2,1H3. The third kappa shape index (κ3) is 6.62. The Hall–Kier alpha value is -2.81. The number of halogens is 2. The van der Waals surface area contributed by atoms with Crippen molar-refractivity contribution in [3.63, 3.8) is 0 Å². The minimum atomic E-state index is -0.260. The smallest absolute Gasteiger partial charge is 0.137 e. The Bertz CT molecular complexity index is 883. The lowest BCUT2D eigenvalue weighted by molar-refractivity contribution is -0.118. The highest BCUT2D eigenvalue weighted by atomic mass is 19.1. The lowest BCUT2D eigenvalue weighted by Crippen LogP contribution is -2.04. The van der Waals surface area contributed by atoms with Crippen molar-refractivity contribution in [1.29, 1.82) is 0 Å². The maximum atomic E-state index is 13.3. The van der Waals surface area contributed by atoms with Crippen LogP contribution in [0, 0.1) is 18.6 Å². The van der Waals surface area contributed by atoms with Crippen LogP contribution in [0.3, 0.4) is 0 Å². The molecule has 0 bridgehead atoms. The van der Waals surface area contributed by atoms with E-state index in [4.69, 9.17) is 0 Å². The van der Waals surface area contributed by atoms with E-state index in [1.165, 1.54) is 29.8 Å². The summed E-state index contributed by atoms with van der Waals surface area (Å²) in [5, 5.41) is 0. The Morgan fingerprint density at radius 2 is 1.27 bits per heavy atom. The van der Waals surface area contributed by atoms with Crippen LogP contribution >= 0.6 is 0 Å². The van der Waals surface area contributed by atoms with Crippen LogP contribution in [0.15, 0.2) is 72.8 Å². The second-order valence-electron chi connectivity index (χ2n) is 7.96. The maximum Gasteiger partial charge on any atom is 0.137 e. The number of carbonyl (C=O) groups excluding carboxylic acids is 1. The largest absolute Gasteiger partial charge is 0.299 e. The highest BCUT2D eigenvalue weighted by Gasteiger charge is 2.14. The molecule has 3 aromatic rings. The van der Waals surface area contributed by atoms with Gasteiger partial charge in [0.15, 0.2) is 0 Å². The van der Waals surface area contributed by atoms with Crippen LogP contribution in [-0.4, -0.2) is 5.78 Å². The van der Waals surface area contributed by atoms with Crippen LogP contribution in [-0.2, 0) is 11.2 Å². The van der Waals surface area contributed by atoms with Gasteiger partial charge in [-0.15, -0.1) is 0 Å². The molecule has 0 amide bonds. The van der Waals surface area contributed by atoms with E-state index in [2.05, 4.69) is 0 Å². The highest BCUT2D eigenvalue weighted by molar-refractivity contribution is 5.80. The number of hydrogen-bond acceptors (Lipinski definition) is 1. The molecule has 3 rings (SSSR count). The first-order valence-electron chi connectivity index (χ1n) is 10.6. The number of benzene rings is 3. The van der Waals surface area contributed by atoms with Gasteiger partial charge in [-0.2, -0.15) is 0 Å². The Morgan fingerprint density at radius 3 is 1.80 bits per heavy atom. The van der Waals surface area contributed by atoms with Crippen molar-refractivity contribution in [3.8, 4) is 0 Å². The molecule has 1 nitrogen and oxygen atoms in total. The first-order chi connectivity index (χ1) is 14.5. The van der Waals surface area contributed by atoms with Crippen LogP contribution in [0.1, 0.15) is 60.3 Å². The van der Waals surface area contributed by atoms with Crippen molar-refractivity contribution in [2.45, 2.75) is 51.4 Å². The zero-order chi connectivity index (χ0) is 21.3. The van der Waals surface area contributed by atoms with Gasteiger partial charge in [-0.25, -0.2) is 8.78 Å². The second kappa shape index (κ2) is 10.8. The van der Waals surface area contributed by atoms with Gasteiger partial charge in [-0.1, -0.05) is 66.9 Å². The molecule has 30 heavy (non-hydrogen) atoms. The predicted octanol–water partition coefficient (Wildman–Crippen LogP) is 7.17. The molecule has 0 atom stereocenters. The van der Waals surface area contributed by atoms with Gasteiger partial charge in [0.25, 0.3) is 0 Å². The van der Waals surface area contributed by atoms with Crippen molar-refractivity contribution in [3.05, 3.63) is 107 Å². The first kappa shape index (κ1) is 21.9. The SMILES string of the molecule is Cc1ccc(CC(=O)CCCCCC(c2ccc(F)cc2)c2ccc(F)cc2)cc1. The van der Waals surface area contributed by atoms with Gasteiger partial charge in [0.05, 0.1) is 0 Å². The summed E-state index contributed by atoms with van der Waals surface area (Å²) in [7, 11) is 0. The van der Waals surface area contributed by atoms with E-state index in [1.54, 1.807) is 24.3 Å². The van der Waals surface area contributed by atoms with Gasteiger partial charge in [-0.05, 0) is 60.7 Å². The van der Waals surface area contributed by atoms with Crippen molar-refractivity contribution in [2.75, 3.05) is 0 Å². The van der Waals surface area contributed by atoms with E-state index in [1.807, 2.05) is 31.2 Å². The third-order valence-electron chi connectivity index (χ3n) is 5.52. The van der Waals surface area contributed by atoms with E-state index >= 15 is 0 Å². The molecule has 0 fully saturated rings. The molecule has 0 unspecified atom stereocenters. The number of ketones is 1. The number of rotatable bonds is 10. The Labute approximate surface area is 177 Å². The summed E-state index contributed by atoms with van der Waals surface area (Å²) in [4.78, 5) is 12.2. The number of hydrogen-bond donors (Lipinski definition) is 0. The lowest BCUT2D eigenvalue weighted by Gasteiger charge is -2.18. The quantitative estimate of drug-likeness (QED) is 0.326. The fourth-order valence-corrected chi connectivity index (χ4v) is 3.79. The van der Waals surface area contributed by atoms with Crippen LogP contribution in [0.2, 0.25) is 0 Å². The molecule has 0 aromatic heterocycles. The molecule has 0 radical (unpaired) electrons. The zero-order valence-corrected chi connectivity index (χ0v) is 17.4.